The number of thioether (sulfide) groups is 1. The summed E-state index contributed by atoms with van der Waals surface area (Å²) in [5, 5.41) is 6.61. The number of nitrogens with zero attached hydrogens (tertiary/aromatic N) is 3. The molecule has 1 aliphatic carbocycles. The molecule has 156 valence electrons. The summed E-state index contributed by atoms with van der Waals surface area (Å²) in [5.41, 5.74) is -1.17. The smallest absolute Gasteiger partial charge is 0.302 e. The van der Waals surface area contributed by atoms with Crippen LogP contribution in [0.3, 0.4) is 0 Å². The third-order valence-electron chi connectivity index (χ3n) is 4.76. The minimum absolute atomic E-state index is 0.0950. The van der Waals surface area contributed by atoms with Crippen molar-refractivity contribution in [3.05, 3.63) is 58.0 Å². The number of carbonyl (C=O) groups excluding carboxylic acids is 1. The largest absolute Gasteiger partial charge is 0.344 e. The molecule has 1 aliphatic rings. The first-order valence-corrected chi connectivity index (χ1v) is 11.0. The van der Waals surface area contributed by atoms with Crippen LogP contribution < -0.4 is 5.32 Å². The summed E-state index contributed by atoms with van der Waals surface area (Å²) in [4.78, 5) is 18.0. The molecule has 0 spiro atoms. The summed E-state index contributed by atoms with van der Waals surface area (Å²) in [6.45, 7) is 3.80. The predicted octanol–water partition coefficient (Wildman–Crippen LogP) is 4.57. The van der Waals surface area contributed by atoms with Gasteiger partial charge in [0.1, 0.15) is 11.4 Å². The van der Waals surface area contributed by atoms with E-state index in [1.54, 1.807) is 11.8 Å². The molecule has 2 atom stereocenters. The average molecular weight is 438 g/mol. The third-order valence-corrected chi connectivity index (χ3v) is 6.46. The Kier molecular flexibility index (Phi) is 6.74. The van der Waals surface area contributed by atoms with E-state index in [1.807, 2.05) is 32.2 Å². The maximum atomic E-state index is 13.4. The van der Waals surface area contributed by atoms with Gasteiger partial charge in [0, 0.05) is 35.5 Å². The number of allylic oxidation sites excluding steroid dienone is 1. The van der Waals surface area contributed by atoms with Crippen LogP contribution in [-0.4, -0.2) is 26.7 Å². The van der Waals surface area contributed by atoms with E-state index in [0.29, 0.717) is 5.92 Å². The van der Waals surface area contributed by atoms with Gasteiger partial charge in [0.15, 0.2) is 0 Å². The van der Waals surface area contributed by atoms with Crippen molar-refractivity contribution in [3.8, 4) is 0 Å². The number of aromatic nitrogens is 3. The Morgan fingerprint density at radius 1 is 1.48 bits per heavy atom. The normalized spacial score (nSPS) is 16.0. The van der Waals surface area contributed by atoms with Gasteiger partial charge in [0.05, 0.1) is 6.04 Å². The Hall–Kier alpha value is -1.79. The maximum Gasteiger partial charge on any atom is 0.302 e. The number of amides is 1. The molecule has 5 nitrogen and oxygen atoms in total. The van der Waals surface area contributed by atoms with Crippen LogP contribution in [0.1, 0.15) is 60.0 Å². The van der Waals surface area contributed by atoms with E-state index in [9.17, 15) is 13.6 Å². The average Bonchev–Trinajstić information content (AvgIpc) is 3.43. The molecule has 29 heavy (non-hydrogen) atoms. The summed E-state index contributed by atoms with van der Waals surface area (Å²) >= 11 is 1.65. The topological polar surface area (TPSA) is 59.8 Å². The van der Waals surface area contributed by atoms with Crippen molar-refractivity contribution in [2.45, 2.75) is 50.1 Å². The summed E-state index contributed by atoms with van der Waals surface area (Å²) in [6.07, 6.45) is 6.24. The molecular weight excluding hydrogens is 413 g/mol. The fraction of sp³-hybridized carbons (Fsp3) is 0.450. The van der Waals surface area contributed by atoms with Gasteiger partial charge in [-0.05, 0) is 50.5 Å². The van der Waals surface area contributed by atoms with Gasteiger partial charge < -0.3 is 5.32 Å². The fourth-order valence-electron chi connectivity index (χ4n) is 3.00. The second kappa shape index (κ2) is 8.92. The summed E-state index contributed by atoms with van der Waals surface area (Å²) in [7, 11) is 2.91. The standard InChI is InChI=1S/C20H25F2N4OPS/c1-4-17(29-11-13-7-8-23-15(9-13)14-5-6-14)12(2)24-19(27)16-10-18(20(21,22)28)25-26(16)3/h4,7-10,12,14H,5-6,11,28H2,1-3H3,(H,24,27)/b17-4-. The van der Waals surface area contributed by atoms with Crippen LogP contribution in [0.25, 0.3) is 0 Å². The van der Waals surface area contributed by atoms with Crippen LogP contribution in [0.4, 0.5) is 8.78 Å². The van der Waals surface area contributed by atoms with E-state index in [4.69, 9.17) is 0 Å². The third kappa shape index (κ3) is 5.64. The van der Waals surface area contributed by atoms with Crippen LogP contribution in [0.2, 0.25) is 0 Å². The molecule has 2 aromatic rings. The molecule has 1 N–H and O–H groups in total. The van der Waals surface area contributed by atoms with Gasteiger partial charge in [-0.15, -0.1) is 11.8 Å². The van der Waals surface area contributed by atoms with Gasteiger partial charge in [0.25, 0.3) is 5.91 Å². The summed E-state index contributed by atoms with van der Waals surface area (Å²) < 4.78 is 28.1. The number of carbonyl (C=O) groups is 1. The first-order valence-electron chi connectivity index (χ1n) is 9.45. The zero-order valence-corrected chi connectivity index (χ0v) is 18.6. The Bertz CT molecular complexity index is 921. The predicted molar refractivity (Wildman–Crippen MR) is 115 cm³/mol. The van der Waals surface area contributed by atoms with Crippen molar-refractivity contribution in [1.82, 2.24) is 20.1 Å². The van der Waals surface area contributed by atoms with E-state index in [2.05, 4.69) is 21.5 Å². The highest BCUT2D eigenvalue weighted by Gasteiger charge is 2.30. The lowest BCUT2D eigenvalue weighted by molar-refractivity contribution is 0.0936. The second-order valence-electron chi connectivity index (χ2n) is 7.20. The SMILES string of the molecule is C/C=C(\SCc1ccnc(C2CC2)c1)C(C)NC(=O)c1cc(C(F)(F)P)nn1C. The van der Waals surface area contributed by atoms with E-state index < -0.39 is 17.3 Å². The summed E-state index contributed by atoms with van der Waals surface area (Å²) in [6, 6.07) is 5.03. The first kappa shape index (κ1) is 21.9. The highest BCUT2D eigenvalue weighted by atomic mass is 32.2. The van der Waals surface area contributed by atoms with Crippen LogP contribution >= 0.6 is 21.0 Å². The number of aryl methyl sites for hydroxylation is 1. The minimum atomic E-state index is -3.17. The Morgan fingerprint density at radius 2 is 2.21 bits per heavy atom. The molecule has 2 unspecified atom stereocenters. The van der Waals surface area contributed by atoms with Crippen molar-refractivity contribution in [2.24, 2.45) is 7.05 Å². The fourth-order valence-corrected chi connectivity index (χ4v) is 4.13. The molecule has 0 radical (unpaired) electrons. The molecule has 2 aromatic heterocycles. The molecule has 9 heteroatoms. The van der Waals surface area contributed by atoms with Crippen LogP contribution in [0.5, 0.6) is 0 Å². The lowest BCUT2D eigenvalue weighted by Crippen LogP contribution is -2.34. The van der Waals surface area contributed by atoms with Crippen LogP contribution in [0.15, 0.2) is 35.4 Å². The van der Waals surface area contributed by atoms with E-state index >= 15 is 0 Å². The molecule has 2 heterocycles. The lowest BCUT2D eigenvalue weighted by atomic mass is 10.2. The van der Waals surface area contributed by atoms with Crippen molar-refractivity contribution in [1.29, 1.82) is 0 Å². The van der Waals surface area contributed by atoms with Gasteiger partial charge in [-0.3, -0.25) is 14.5 Å². The highest BCUT2D eigenvalue weighted by Crippen LogP contribution is 2.39. The Morgan fingerprint density at radius 3 is 2.79 bits per heavy atom. The molecule has 0 aromatic carbocycles. The van der Waals surface area contributed by atoms with Crippen molar-refractivity contribution >= 4 is 26.9 Å². The van der Waals surface area contributed by atoms with Gasteiger partial charge in [-0.1, -0.05) is 15.3 Å². The number of hydrogen-bond donors (Lipinski definition) is 1. The van der Waals surface area contributed by atoms with Gasteiger partial charge in [-0.25, -0.2) is 0 Å². The van der Waals surface area contributed by atoms with Gasteiger partial charge in [-0.2, -0.15) is 13.9 Å². The highest BCUT2D eigenvalue weighted by molar-refractivity contribution is 8.02. The molecule has 3 rings (SSSR count). The number of hydrogen-bond acceptors (Lipinski definition) is 4. The van der Waals surface area contributed by atoms with E-state index in [-0.39, 0.29) is 11.7 Å². The number of alkyl halides is 2. The van der Waals surface area contributed by atoms with Crippen molar-refractivity contribution in [3.63, 3.8) is 0 Å². The minimum Gasteiger partial charge on any atom is -0.344 e. The lowest BCUT2D eigenvalue weighted by Gasteiger charge is -2.17. The maximum absolute atomic E-state index is 13.4. The van der Waals surface area contributed by atoms with Gasteiger partial charge >= 0.3 is 5.66 Å². The zero-order valence-electron chi connectivity index (χ0n) is 16.7. The molecule has 0 saturated heterocycles. The molecule has 0 bridgehead atoms. The Balaban J connectivity index is 1.61. The van der Waals surface area contributed by atoms with Gasteiger partial charge in [0.2, 0.25) is 0 Å². The summed E-state index contributed by atoms with van der Waals surface area (Å²) in [5.74, 6) is 0.946. The van der Waals surface area contributed by atoms with Crippen molar-refractivity contribution in [2.75, 3.05) is 0 Å². The quantitative estimate of drug-likeness (QED) is 0.614. The zero-order chi connectivity index (χ0) is 21.2. The van der Waals surface area contributed by atoms with Crippen LogP contribution in [0, 0.1) is 0 Å². The molecule has 0 aliphatic heterocycles. The Labute approximate surface area is 175 Å². The molecule has 1 amide bonds. The van der Waals surface area contributed by atoms with E-state index in [0.717, 1.165) is 22.4 Å². The number of halogens is 2. The van der Waals surface area contributed by atoms with E-state index in [1.165, 1.54) is 39.4 Å². The molecular formula is C20H25F2N4OPS. The second-order valence-corrected chi connectivity index (χ2v) is 8.97. The monoisotopic (exact) mass is 438 g/mol. The molecule has 1 saturated carbocycles. The number of pyridine rings is 1. The first-order chi connectivity index (χ1) is 13.7. The van der Waals surface area contributed by atoms with Crippen LogP contribution in [-0.2, 0) is 18.5 Å². The number of nitrogens with one attached hydrogen (secondary N) is 1. The van der Waals surface area contributed by atoms with Crippen molar-refractivity contribution < 1.29 is 13.6 Å². The number of rotatable bonds is 8. The molecule has 1 fully saturated rings.